The van der Waals surface area contributed by atoms with Crippen LogP contribution in [-0.2, 0) is 20.9 Å². The molecule has 2 aromatic heterocycles. The molecule has 0 spiro atoms. The van der Waals surface area contributed by atoms with E-state index in [4.69, 9.17) is 16.0 Å². The number of hydrogen-bond donors (Lipinski definition) is 1. The zero-order chi connectivity index (χ0) is 26.6. The Hall–Kier alpha value is -3.60. The lowest BCUT2D eigenvalue weighted by Gasteiger charge is -2.29. The van der Waals surface area contributed by atoms with Gasteiger partial charge in [0, 0.05) is 10.7 Å². The van der Waals surface area contributed by atoms with Crippen molar-refractivity contribution in [1.29, 1.82) is 0 Å². The molecular weight excluding hydrogens is 546 g/mol. The number of rotatable bonds is 5. The zero-order valence-corrected chi connectivity index (χ0v) is 22.3. The fourth-order valence-electron chi connectivity index (χ4n) is 4.92. The molecule has 0 aliphatic carbocycles. The van der Waals surface area contributed by atoms with E-state index in [0.29, 0.717) is 32.1 Å². The lowest BCUT2D eigenvalue weighted by Crippen LogP contribution is -2.32. The molecular formula is C27H20ClN3O5S2. The summed E-state index contributed by atoms with van der Waals surface area (Å²) in [5, 5.41) is 3.05. The SMILES string of the molecule is Cc1ccccc1NC(=O)Cn1c2c(sc1=O)[C@H](c1ccco1)C1C(=O)N(c3ccc(Cl)cc3)C(=O)C1S2. The van der Waals surface area contributed by atoms with E-state index < -0.39 is 17.1 Å². The van der Waals surface area contributed by atoms with Crippen LogP contribution in [0.1, 0.15) is 22.1 Å². The van der Waals surface area contributed by atoms with Gasteiger partial charge in [0.2, 0.25) is 17.7 Å². The van der Waals surface area contributed by atoms with Crippen molar-refractivity contribution in [3.63, 3.8) is 0 Å². The van der Waals surface area contributed by atoms with Gasteiger partial charge in [0.15, 0.2) is 0 Å². The van der Waals surface area contributed by atoms with Gasteiger partial charge in [0.05, 0.1) is 33.7 Å². The first-order chi connectivity index (χ1) is 18.3. The highest BCUT2D eigenvalue weighted by Crippen LogP contribution is 2.53. The number of fused-ring (bicyclic) bond motifs is 2. The number of halogens is 1. The Morgan fingerprint density at radius 3 is 2.50 bits per heavy atom. The Labute approximate surface area is 230 Å². The van der Waals surface area contributed by atoms with Crippen LogP contribution in [0.4, 0.5) is 11.4 Å². The third-order valence-electron chi connectivity index (χ3n) is 6.70. The molecule has 6 rings (SSSR count). The van der Waals surface area contributed by atoms with E-state index in [1.807, 2.05) is 25.1 Å². The number of carbonyl (C=O) groups is 3. The maximum Gasteiger partial charge on any atom is 0.308 e. The van der Waals surface area contributed by atoms with Crippen molar-refractivity contribution in [2.75, 3.05) is 10.2 Å². The normalized spacial score (nSPS) is 20.4. The second kappa shape index (κ2) is 9.61. The number of aryl methyl sites for hydroxylation is 1. The number of amides is 3. The van der Waals surface area contributed by atoms with Gasteiger partial charge in [0.1, 0.15) is 17.6 Å². The first-order valence-electron chi connectivity index (χ1n) is 11.8. The van der Waals surface area contributed by atoms with E-state index in [-0.39, 0.29) is 29.1 Å². The molecule has 0 saturated carbocycles. The van der Waals surface area contributed by atoms with Crippen LogP contribution in [0.25, 0.3) is 0 Å². The molecule has 1 saturated heterocycles. The Kier molecular flexibility index (Phi) is 6.25. The van der Waals surface area contributed by atoms with Crippen LogP contribution in [0, 0.1) is 12.8 Å². The summed E-state index contributed by atoms with van der Waals surface area (Å²) in [4.78, 5) is 54.9. The molecule has 3 atom stereocenters. The van der Waals surface area contributed by atoms with Gasteiger partial charge in [-0.1, -0.05) is 52.9 Å². The highest BCUT2D eigenvalue weighted by Gasteiger charge is 2.57. The van der Waals surface area contributed by atoms with Gasteiger partial charge in [-0.15, -0.1) is 0 Å². The number of furan rings is 1. The van der Waals surface area contributed by atoms with Crippen molar-refractivity contribution in [3.05, 3.63) is 97.8 Å². The van der Waals surface area contributed by atoms with Crippen LogP contribution < -0.4 is 15.1 Å². The number of hydrogen-bond acceptors (Lipinski definition) is 7. The molecule has 2 unspecified atom stereocenters. The molecule has 11 heteroatoms. The van der Waals surface area contributed by atoms with Crippen LogP contribution in [0.5, 0.6) is 0 Å². The minimum absolute atomic E-state index is 0.225. The first kappa shape index (κ1) is 24.7. The lowest BCUT2D eigenvalue weighted by atomic mass is 9.87. The highest BCUT2D eigenvalue weighted by molar-refractivity contribution is 8.00. The molecule has 2 aliphatic heterocycles. The Bertz CT molecular complexity index is 1630. The van der Waals surface area contributed by atoms with Crippen molar-refractivity contribution in [1.82, 2.24) is 4.57 Å². The number of thiazole rings is 1. The molecule has 38 heavy (non-hydrogen) atoms. The molecule has 2 aromatic carbocycles. The molecule has 1 N–H and O–H groups in total. The summed E-state index contributed by atoms with van der Waals surface area (Å²) >= 11 is 8.14. The molecule has 192 valence electrons. The summed E-state index contributed by atoms with van der Waals surface area (Å²) in [7, 11) is 0. The van der Waals surface area contributed by atoms with Crippen LogP contribution in [0.15, 0.2) is 81.2 Å². The largest absolute Gasteiger partial charge is 0.469 e. The number of nitrogens with zero attached hydrogens (tertiary/aromatic N) is 2. The fourth-order valence-corrected chi connectivity index (χ4v) is 7.80. The molecule has 4 aromatic rings. The summed E-state index contributed by atoms with van der Waals surface area (Å²) < 4.78 is 7.09. The number of carbonyl (C=O) groups excluding carboxylic acids is 3. The lowest BCUT2D eigenvalue weighted by molar-refractivity contribution is -0.122. The minimum Gasteiger partial charge on any atom is -0.469 e. The van der Waals surface area contributed by atoms with E-state index in [1.54, 1.807) is 42.5 Å². The molecule has 8 nitrogen and oxygen atoms in total. The van der Waals surface area contributed by atoms with Crippen LogP contribution in [0.3, 0.4) is 0 Å². The molecule has 3 amide bonds. The smallest absolute Gasteiger partial charge is 0.308 e. The topological polar surface area (TPSA) is 102 Å². The zero-order valence-electron chi connectivity index (χ0n) is 19.9. The molecule has 4 heterocycles. The number of nitrogens with one attached hydrogen (secondary N) is 1. The van der Waals surface area contributed by atoms with Gasteiger partial charge in [-0.3, -0.25) is 23.7 Å². The Morgan fingerprint density at radius 1 is 1.03 bits per heavy atom. The number of benzene rings is 2. The predicted octanol–water partition coefficient (Wildman–Crippen LogP) is 4.90. The number of aromatic nitrogens is 1. The first-order valence-corrected chi connectivity index (χ1v) is 13.8. The van der Waals surface area contributed by atoms with Crippen molar-refractivity contribution < 1.29 is 18.8 Å². The van der Waals surface area contributed by atoms with E-state index in [9.17, 15) is 19.2 Å². The summed E-state index contributed by atoms with van der Waals surface area (Å²) in [5.74, 6) is -2.04. The third kappa shape index (κ3) is 4.09. The summed E-state index contributed by atoms with van der Waals surface area (Å²) in [6, 6.07) is 17.3. The van der Waals surface area contributed by atoms with E-state index >= 15 is 0 Å². The summed E-state index contributed by atoms with van der Waals surface area (Å²) in [6.45, 7) is 1.66. The van der Waals surface area contributed by atoms with Gasteiger partial charge >= 0.3 is 4.87 Å². The van der Waals surface area contributed by atoms with Gasteiger partial charge in [0.25, 0.3) is 0 Å². The molecule has 2 aliphatic rings. The standard InChI is InChI=1S/C27H20ClN3O5S2/c1-14-5-2-3-6-17(14)29-19(32)13-30-26-23(38-27(30)35)20(18-7-4-12-36-18)21-22(37-26)25(34)31(24(21)33)16-10-8-15(28)9-11-16/h2-12,20-22H,13H2,1H3,(H,29,32)/t20-,21?,22?/m1/s1. The van der Waals surface area contributed by atoms with E-state index in [0.717, 1.165) is 28.7 Å². The Morgan fingerprint density at radius 2 is 1.79 bits per heavy atom. The van der Waals surface area contributed by atoms with Crippen molar-refractivity contribution in [2.24, 2.45) is 5.92 Å². The summed E-state index contributed by atoms with van der Waals surface area (Å²) in [5.41, 5.74) is 1.98. The average molecular weight is 566 g/mol. The third-order valence-corrected chi connectivity index (χ3v) is 9.56. The van der Waals surface area contributed by atoms with Crippen LogP contribution in [0.2, 0.25) is 5.02 Å². The highest BCUT2D eigenvalue weighted by atomic mass is 35.5. The van der Waals surface area contributed by atoms with Crippen molar-refractivity contribution in [3.8, 4) is 0 Å². The van der Waals surface area contributed by atoms with Gasteiger partial charge < -0.3 is 9.73 Å². The van der Waals surface area contributed by atoms with E-state index in [1.165, 1.54) is 15.7 Å². The van der Waals surface area contributed by atoms with Crippen LogP contribution in [-0.4, -0.2) is 27.5 Å². The molecule has 0 bridgehead atoms. The van der Waals surface area contributed by atoms with Crippen LogP contribution >= 0.6 is 34.7 Å². The quantitative estimate of drug-likeness (QED) is 0.345. The average Bonchev–Trinajstić information content (AvgIpc) is 3.59. The fraction of sp³-hybridized carbons (Fsp3) is 0.185. The second-order valence-corrected chi connectivity index (χ2v) is 11.6. The number of anilines is 2. The monoisotopic (exact) mass is 565 g/mol. The molecule has 0 radical (unpaired) electrons. The number of imide groups is 1. The van der Waals surface area contributed by atoms with Gasteiger partial charge in [-0.25, -0.2) is 4.90 Å². The van der Waals surface area contributed by atoms with Crippen molar-refractivity contribution in [2.45, 2.75) is 29.7 Å². The number of thioether (sulfide) groups is 1. The minimum atomic E-state index is -0.791. The predicted molar refractivity (Wildman–Crippen MR) is 146 cm³/mol. The molecule has 1 fully saturated rings. The van der Waals surface area contributed by atoms with Gasteiger partial charge in [-0.2, -0.15) is 0 Å². The van der Waals surface area contributed by atoms with E-state index in [2.05, 4.69) is 5.32 Å². The maximum absolute atomic E-state index is 13.7. The second-order valence-electron chi connectivity index (χ2n) is 9.03. The van der Waals surface area contributed by atoms with Gasteiger partial charge in [-0.05, 0) is 55.0 Å². The number of para-hydroxylation sites is 1. The maximum atomic E-state index is 13.7. The Balaban J connectivity index is 1.39. The summed E-state index contributed by atoms with van der Waals surface area (Å²) in [6.07, 6.45) is 1.50. The van der Waals surface area contributed by atoms with Crippen molar-refractivity contribution >= 4 is 63.8 Å².